The number of alkyl halides is 2. The van der Waals surface area contributed by atoms with E-state index in [4.69, 9.17) is 0 Å². The third-order valence-electron chi connectivity index (χ3n) is 4.96. The van der Waals surface area contributed by atoms with Crippen LogP contribution in [0.15, 0.2) is 71.8 Å². The molecule has 1 saturated heterocycles. The van der Waals surface area contributed by atoms with Crippen LogP contribution in [0.4, 0.5) is 13.6 Å². The minimum atomic E-state index is -2.95. The summed E-state index contributed by atoms with van der Waals surface area (Å²) in [6, 6.07) is 18.2. The average Bonchev–Trinajstić information content (AvgIpc) is 2.95. The van der Waals surface area contributed by atoms with Crippen molar-refractivity contribution >= 4 is 28.9 Å². The van der Waals surface area contributed by atoms with E-state index in [1.165, 1.54) is 37.4 Å². The maximum atomic E-state index is 13.0. The number of carbonyl (C=O) groups excluding carboxylic acids is 2. The topological polar surface area (TPSA) is 71.0 Å². The maximum Gasteiger partial charge on any atom is 0.387 e. The second kappa shape index (κ2) is 7.55. The quantitative estimate of drug-likeness (QED) is 0.506. The summed E-state index contributed by atoms with van der Waals surface area (Å²) in [5.74, 6) is -0.619. The highest BCUT2D eigenvalue weighted by Gasteiger charge is 2.49. The van der Waals surface area contributed by atoms with Crippen molar-refractivity contribution in [3.05, 3.63) is 77.9 Å². The number of nitrogens with zero attached hydrogens (tertiary/aromatic N) is 2. The van der Waals surface area contributed by atoms with Crippen LogP contribution in [0.1, 0.15) is 18.1 Å². The number of urea groups is 1. The van der Waals surface area contributed by atoms with Crippen molar-refractivity contribution in [3.8, 4) is 5.75 Å². The lowest BCUT2D eigenvalue weighted by Gasteiger charge is -2.21. The first-order valence-corrected chi connectivity index (χ1v) is 9.12. The fourth-order valence-electron chi connectivity index (χ4n) is 3.38. The molecule has 3 aromatic rings. The highest BCUT2D eigenvalue weighted by atomic mass is 19.3. The van der Waals surface area contributed by atoms with Gasteiger partial charge in [0.05, 0.1) is 6.21 Å². The van der Waals surface area contributed by atoms with E-state index < -0.39 is 24.1 Å². The van der Waals surface area contributed by atoms with Crippen LogP contribution in [0.5, 0.6) is 5.75 Å². The molecular weight excluding hydrogens is 392 g/mol. The van der Waals surface area contributed by atoms with Gasteiger partial charge in [-0.2, -0.15) is 13.9 Å². The largest absolute Gasteiger partial charge is 0.435 e. The van der Waals surface area contributed by atoms with Crippen molar-refractivity contribution in [3.63, 3.8) is 0 Å². The monoisotopic (exact) mass is 409 g/mol. The van der Waals surface area contributed by atoms with Gasteiger partial charge >= 0.3 is 12.6 Å². The van der Waals surface area contributed by atoms with Gasteiger partial charge in [0.1, 0.15) is 11.3 Å². The normalized spacial score (nSPS) is 19.1. The number of hydrogen-bond acceptors (Lipinski definition) is 4. The summed E-state index contributed by atoms with van der Waals surface area (Å²) >= 11 is 0. The summed E-state index contributed by atoms with van der Waals surface area (Å²) in [4.78, 5) is 25.4. The summed E-state index contributed by atoms with van der Waals surface area (Å²) < 4.78 is 29.0. The van der Waals surface area contributed by atoms with Crippen LogP contribution >= 0.6 is 0 Å². The van der Waals surface area contributed by atoms with E-state index >= 15 is 0 Å². The molecule has 1 atom stereocenters. The van der Waals surface area contributed by atoms with Gasteiger partial charge in [-0.15, -0.1) is 5.01 Å². The Labute approximate surface area is 170 Å². The predicted octanol–water partition coefficient (Wildman–Crippen LogP) is 4.24. The van der Waals surface area contributed by atoms with Gasteiger partial charge in [-0.25, -0.2) is 4.79 Å². The summed E-state index contributed by atoms with van der Waals surface area (Å²) in [6.07, 6.45) is 1.46. The molecule has 3 amide bonds. The molecule has 1 aliphatic rings. The molecule has 1 fully saturated rings. The number of ether oxygens (including phenoxy) is 1. The van der Waals surface area contributed by atoms with Gasteiger partial charge in [-0.3, -0.25) is 4.79 Å². The number of hydrazone groups is 1. The standard InChI is InChI=1S/C22H17F2N3O3/c1-22(16-9-11-17(12-10-16)30-20(23)24)19(28)27(21(29)26-22)25-13-15-7-4-6-14-5-2-3-8-18(14)15/h2-13,20H,1H3,(H,26,29)/b25-13+/t22-/m1/s1. The Morgan fingerprint density at radius 2 is 1.73 bits per heavy atom. The summed E-state index contributed by atoms with van der Waals surface area (Å²) in [7, 11) is 0. The van der Waals surface area contributed by atoms with E-state index in [-0.39, 0.29) is 5.75 Å². The Bertz CT molecular complexity index is 1140. The zero-order valence-electron chi connectivity index (χ0n) is 15.9. The van der Waals surface area contributed by atoms with Crippen molar-refractivity contribution in [2.24, 2.45) is 5.10 Å². The first-order chi connectivity index (χ1) is 14.4. The Morgan fingerprint density at radius 1 is 1.03 bits per heavy atom. The lowest BCUT2D eigenvalue weighted by atomic mass is 9.92. The van der Waals surface area contributed by atoms with Crippen molar-refractivity contribution < 1.29 is 23.1 Å². The molecule has 0 bridgehead atoms. The highest BCUT2D eigenvalue weighted by molar-refractivity contribution is 6.08. The van der Waals surface area contributed by atoms with E-state index in [0.29, 0.717) is 5.56 Å². The number of amides is 3. The van der Waals surface area contributed by atoms with Crippen molar-refractivity contribution in [1.82, 2.24) is 10.3 Å². The summed E-state index contributed by atoms with van der Waals surface area (Å²) in [5, 5.41) is 9.44. The Hall–Kier alpha value is -3.81. The van der Waals surface area contributed by atoms with Gasteiger partial charge in [0.2, 0.25) is 0 Å². The lowest BCUT2D eigenvalue weighted by Crippen LogP contribution is -2.40. The molecule has 3 aromatic carbocycles. The Balaban J connectivity index is 1.60. The first kappa shape index (κ1) is 19.5. The van der Waals surface area contributed by atoms with Crippen LogP contribution < -0.4 is 10.1 Å². The predicted molar refractivity (Wildman–Crippen MR) is 107 cm³/mol. The van der Waals surface area contributed by atoms with Crippen molar-refractivity contribution in [2.75, 3.05) is 0 Å². The minimum absolute atomic E-state index is 0.0417. The second-order valence-corrected chi connectivity index (χ2v) is 6.89. The number of benzene rings is 3. The minimum Gasteiger partial charge on any atom is -0.435 e. The maximum absolute atomic E-state index is 13.0. The summed E-state index contributed by atoms with van der Waals surface area (Å²) in [5.41, 5.74) is -0.197. The van der Waals surface area contributed by atoms with Gasteiger partial charge < -0.3 is 10.1 Å². The molecule has 1 N–H and O–H groups in total. The van der Waals surface area contributed by atoms with E-state index in [9.17, 15) is 18.4 Å². The van der Waals surface area contributed by atoms with Crippen LogP contribution in [0.2, 0.25) is 0 Å². The molecule has 1 heterocycles. The number of hydrogen-bond donors (Lipinski definition) is 1. The number of fused-ring (bicyclic) bond motifs is 1. The molecule has 0 aromatic heterocycles. The average molecular weight is 409 g/mol. The fourth-order valence-corrected chi connectivity index (χ4v) is 3.38. The van der Waals surface area contributed by atoms with Gasteiger partial charge in [0.25, 0.3) is 5.91 Å². The number of nitrogens with one attached hydrogen (secondary N) is 1. The molecule has 152 valence electrons. The number of rotatable bonds is 5. The molecule has 0 aliphatic carbocycles. The molecule has 30 heavy (non-hydrogen) atoms. The van der Waals surface area contributed by atoms with Crippen LogP contribution in [-0.4, -0.2) is 29.8 Å². The SMILES string of the molecule is C[C@]1(c2ccc(OC(F)F)cc2)NC(=O)N(/N=C/c2cccc3ccccc23)C1=O. The van der Waals surface area contributed by atoms with Gasteiger partial charge in [0, 0.05) is 5.56 Å². The fraction of sp³-hybridized carbons (Fsp3) is 0.136. The molecule has 0 unspecified atom stereocenters. The van der Waals surface area contributed by atoms with Crippen molar-refractivity contribution in [2.45, 2.75) is 19.1 Å². The molecule has 4 rings (SSSR count). The zero-order chi connectivity index (χ0) is 21.3. The molecule has 0 saturated carbocycles. The molecular formula is C22H17F2N3O3. The van der Waals surface area contributed by atoms with Crippen LogP contribution in [0.3, 0.4) is 0 Å². The smallest absolute Gasteiger partial charge is 0.387 e. The summed E-state index contributed by atoms with van der Waals surface area (Å²) in [6.45, 7) is -1.41. The van der Waals surface area contributed by atoms with Crippen molar-refractivity contribution in [1.29, 1.82) is 0 Å². The number of halogens is 2. The third kappa shape index (κ3) is 3.47. The van der Waals surface area contributed by atoms with Gasteiger partial charge in [-0.1, -0.05) is 54.6 Å². The first-order valence-electron chi connectivity index (χ1n) is 9.12. The molecule has 1 aliphatic heterocycles. The van der Waals surface area contributed by atoms with E-state index in [1.54, 1.807) is 0 Å². The van der Waals surface area contributed by atoms with Crippen LogP contribution in [0.25, 0.3) is 10.8 Å². The van der Waals surface area contributed by atoms with Gasteiger partial charge in [-0.05, 0) is 35.4 Å². The Kier molecular flexibility index (Phi) is 4.91. The third-order valence-corrected chi connectivity index (χ3v) is 4.96. The Morgan fingerprint density at radius 3 is 2.47 bits per heavy atom. The number of carbonyl (C=O) groups is 2. The van der Waals surface area contributed by atoms with Gasteiger partial charge in [0.15, 0.2) is 0 Å². The van der Waals surface area contributed by atoms with Crippen LogP contribution in [-0.2, 0) is 10.3 Å². The van der Waals surface area contributed by atoms with E-state index in [1.807, 2.05) is 42.5 Å². The van der Waals surface area contributed by atoms with Crippen LogP contribution in [0, 0.1) is 0 Å². The highest BCUT2D eigenvalue weighted by Crippen LogP contribution is 2.30. The molecule has 0 radical (unpaired) electrons. The molecule has 0 spiro atoms. The molecule has 8 heteroatoms. The zero-order valence-corrected chi connectivity index (χ0v) is 15.9. The van der Waals surface area contributed by atoms with E-state index in [2.05, 4.69) is 15.2 Å². The van der Waals surface area contributed by atoms with E-state index in [0.717, 1.165) is 21.3 Å². The lowest BCUT2D eigenvalue weighted by molar-refractivity contribution is -0.131. The number of imide groups is 1. The second-order valence-electron chi connectivity index (χ2n) is 6.89. The molecule has 6 nitrogen and oxygen atoms in total.